The number of carbonyl (C=O) groups excluding carboxylic acids is 4. The fourth-order valence-electron chi connectivity index (χ4n) is 3.11. The van der Waals surface area contributed by atoms with Crippen LogP contribution in [0.15, 0.2) is 24.3 Å². The Labute approximate surface area is 208 Å². The molecule has 12 nitrogen and oxygen atoms in total. The van der Waals surface area contributed by atoms with Crippen molar-refractivity contribution in [3.05, 3.63) is 29.8 Å². The number of carboxylic acid groups (broad SMARTS) is 1. The molecule has 0 bridgehead atoms. The third-order valence-corrected chi connectivity index (χ3v) is 5.27. The van der Waals surface area contributed by atoms with Crippen molar-refractivity contribution in [3.8, 4) is 5.75 Å². The van der Waals surface area contributed by atoms with Crippen molar-refractivity contribution in [1.29, 1.82) is 0 Å². The summed E-state index contributed by atoms with van der Waals surface area (Å²) >= 11 is 4.05. The Morgan fingerprint density at radius 2 is 1.43 bits per heavy atom. The normalized spacial score (nSPS) is 14.3. The summed E-state index contributed by atoms with van der Waals surface area (Å²) in [4.78, 5) is 60.9. The maximum absolute atomic E-state index is 12.8. The van der Waals surface area contributed by atoms with Crippen LogP contribution in [0.5, 0.6) is 5.75 Å². The summed E-state index contributed by atoms with van der Waals surface area (Å²) in [6.45, 7) is 3.77. The van der Waals surface area contributed by atoms with Gasteiger partial charge in [-0.05, 0) is 30.0 Å². The lowest BCUT2D eigenvalue weighted by atomic mass is 10.0. The van der Waals surface area contributed by atoms with Crippen LogP contribution in [0.4, 0.5) is 0 Å². The highest BCUT2D eigenvalue weighted by molar-refractivity contribution is 7.80. The quantitative estimate of drug-likeness (QED) is 0.139. The van der Waals surface area contributed by atoms with Crippen LogP contribution >= 0.6 is 12.6 Å². The zero-order chi connectivity index (χ0) is 26.7. The molecule has 0 fully saturated rings. The number of carbonyl (C=O) groups is 5. The number of phenols is 1. The number of aliphatic carboxylic acids is 1. The molecule has 1 aromatic carbocycles. The largest absolute Gasteiger partial charge is 0.508 e. The first kappa shape index (κ1) is 29.7. The predicted octanol–water partition coefficient (Wildman–Crippen LogP) is -1.35. The number of nitrogens with two attached hydrogens (primary N) is 2. The van der Waals surface area contributed by atoms with E-state index in [0.29, 0.717) is 12.0 Å². The van der Waals surface area contributed by atoms with Crippen LogP contribution in [0, 0.1) is 5.92 Å². The highest BCUT2D eigenvalue weighted by Crippen LogP contribution is 2.12. The van der Waals surface area contributed by atoms with Gasteiger partial charge in [-0.25, -0.2) is 4.79 Å². The summed E-state index contributed by atoms with van der Waals surface area (Å²) in [6.07, 6.45) is -0.345. The van der Waals surface area contributed by atoms with Crippen molar-refractivity contribution in [3.63, 3.8) is 0 Å². The van der Waals surface area contributed by atoms with Gasteiger partial charge in [-0.15, -0.1) is 0 Å². The highest BCUT2D eigenvalue weighted by Gasteiger charge is 2.31. The second-order valence-corrected chi connectivity index (χ2v) is 8.85. The number of benzene rings is 1. The van der Waals surface area contributed by atoms with Crippen molar-refractivity contribution >= 4 is 42.2 Å². The molecule has 0 saturated carbocycles. The van der Waals surface area contributed by atoms with E-state index in [0.717, 1.165) is 0 Å². The lowest BCUT2D eigenvalue weighted by molar-refractivity contribution is -0.142. The molecule has 0 heterocycles. The molecular formula is C22H33N5O7S. The number of rotatable bonds is 14. The Bertz CT molecular complexity index is 910. The van der Waals surface area contributed by atoms with Crippen LogP contribution < -0.4 is 27.4 Å². The molecule has 4 unspecified atom stereocenters. The summed E-state index contributed by atoms with van der Waals surface area (Å²) < 4.78 is 0. The van der Waals surface area contributed by atoms with Gasteiger partial charge in [-0.1, -0.05) is 26.0 Å². The molecule has 4 amide bonds. The molecule has 4 atom stereocenters. The minimum atomic E-state index is -1.50. The molecule has 0 saturated heterocycles. The van der Waals surface area contributed by atoms with E-state index in [4.69, 9.17) is 11.5 Å². The molecule has 0 radical (unpaired) electrons. The number of phenolic OH excluding ortho intramolecular Hbond substituents is 1. The van der Waals surface area contributed by atoms with Crippen LogP contribution in [0.1, 0.15) is 32.3 Å². The molecule has 13 heteroatoms. The molecule has 0 aliphatic carbocycles. The molecular weight excluding hydrogens is 478 g/mol. The first-order valence-electron chi connectivity index (χ1n) is 10.9. The van der Waals surface area contributed by atoms with E-state index in [-0.39, 0.29) is 23.8 Å². The number of hydrogen-bond acceptors (Lipinski definition) is 8. The molecule has 0 aliphatic rings. The van der Waals surface area contributed by atoms with E-state index >= 15 is 0 Å². The molecule has 0 spiro atoms. The van der Waals surface area contributed by atoms with Crippen LogP contribution in [0.25, 0.3) is 0 Å². The van der Waals surface area contributed by atoms with Gasteiger partial charge in [0, 0.05) is 12.2 Å². The van der Waals surface area contributed by atoms with Crippen LogP contribution in [-0.2, 0) is 30.4 Å². The van der Waals surface area contributed by atoms with Crippen molar-refractivity contribution in [2.24, 2.45) is 17.4 Å². The third-order valence-electron chi connectivity index (χ3n) is 4.91. The summed E-state index contributed by atoms with van der Waals surface area (Å²) in [7, 11) is 0. The predicted molar refractivity (Wildman–Crippen MR) is 130 cm³/mol. The third kappa shape index (κ3) is 10.6. The standard InChI is InChI=1S/C22H33N5O7S/c1-11(2)7-14(23)19(30)27-17(10-35)21(32)25-15(9-18(24)29)20(31)26-16(22(33)34)8-12-3-5-13(28)6-4-12/h3-6,11,14-17,28,35H,7-10,23H2,1-2H3,(H2,24,29)(H,25,32)(H,26,31)(H,27,30)(H,33,34). The van der Waals surface area contributed by atoms with Gasteiger partial charge >= 0.3 is 5.97 Å². The van der Waals surface area contributed by atoms with Crippen molar-refractivity contribution in [2.75, 3.05) is 5.75 Å². The average molecular weight is 512 g/mol. The lowest BCUT2D eigenvalue weighted by Crippen LogP contribution is -2.58. The van der Waals surface area contributed by atoms with E-state index in [1.165, 1.54) is 24.3 Å². The van der Waals surface area contributed by atoms with E-state index in [1.54, 1.807) is 0 Å². The second-order valence-electron chi connectivity index (χ2n) is 8.48. The van der Waals surface area contributed by atoms with Crippen molar-refractivity contribution < 1.29 is 34.2 Å². The van der Waals surface area contributed by atoms with E-state index in [1.807, 2.05) is 13.8 Å². The number of primary amides is 1. The summed E-state index contributed by atoms with van der Waals surface area (Å²) in [5, 5.41) is 25.9. The zero-order valence-electron chi connectivity index (χ0n) is 19.6. The van der Waals surface area contributed by atoms with Gasteiger partial charge < -0.3 is 37.6 Å². The fourth-order valence-corrected chi connectivity index (χ4v) is 3.37. The number of carboxylic acids is 1. The van der Waals surface area contributed by atoms with E-state index in [2.05, 4.69) is 28.6 Å². The fraction of sp³-hybridized carbons (Fsp3) is 0.500. The Kier molecular flexibility index (Phi) is 12.0. The Morgan fingerprint density at radius 1 is 0.914 bits per heavy atom. The van der Waals surface area contributed by atoms with Crippen LogP contribution in [0.2, 0.25) is 0 Å². The molecule has 194 valence electrons. The molecule has 35 heavy (non-hydrogen) atoms. The van der Waals surface area contributed by atoms with Gasteiger partial charge in [0.25, 0.3) is 0 Å². The topological polar surface area (TPSA) is 214 Å². The lowest BCUT2D eigenvalue weighted by Gasteiger charge is -2.24. The smallest absolute Gasteiger partial charge is 0.326 e. The molecule has 1 aromatic rings. The van der Waals surface area contributed by atoms with E-state index in [9.17, 15) is 34.2 Å². The first-order chi connectivity index (χ1) is 16.3. The molecule has 1 rings (SSSR count). The van der Waals surface area contributed by atoms with Crippen molar-refractivity contribution in [2.45, 2.75) is 57.3 Å². The monoisotopic (exact) mass is 511 g/mol. The van der Waals surface area contributed by atoms with Gasteiger partial charge in [-0.2, -0.15) is 12.6 Å². The van der Waals surface area contributed by atoms with Gasteiger partial charge in [0.05, 0.1) is 12.5 Å². The van der Waals surface area contributed by atoms with Gasteiger partial charge in [-0.3, -0.25) is 19.2 Å². The number of aromatic hydroxyl groups is 1. The number of nitrogens with one attached hydrogen (secondary N) is 3. The number of amides is 4. The van der Waals surface area contributed by atoms with Gasteiger partial charge in [0.1, 0.15) is 23.9 Å². The number of hydrogen-bond donors (Lipinski definition) is 8. The van der Waals surface area contributed by atoms with Crippen LogP contribution in [0.3, 0.4) is 0 Å². The van der Waals surface area contributed by atoms with Crippen molar-refractivity contribution in [1.82, 2.24) is 16.0 Å². The maximum Gasteiger partial charge on any atom is 0.326 e. The Morgan fingerprint density at radius 3 is 1.91 bits per heavy atom. The average Bonchev–Trinajstić information content (AvgIpc) is 2.76. The maximum atomic E-state index is 12.8. The Balaban J connectivity index is 2.92. The summed E-state index contributed by atoms with van der Waals surface area (Å²) in [6, 6.07) is 0.800. The molecule has 0 aromatic heterocycles. The molecule has 9 N–H and O–H groups in total. The zero-order valence-corrected chi connectivity index (χ0v) is 20.5. The number of thiol groups is 1. The summed E-state index contributed by atoms with van der Waals surface area (Å²) in [5.41, 5.74) is 11.5. The second kappa shape index (κ2) is 14.2. The van der Waals surface area contributed by atoms with Gasteiger partial charge in [0.2, 0.25) is 23.6 Å². The van der Waals surface area contributed by atoms with Gasteiger partial charge in [0.15, 0.2) is 0 Å². The Hall–Kier alpha value is -3.32. The summed E-state index contributed by atoms with van der Waals surface area (Å²) in [5.74, 6) is -4.62. The minimum absolute atomic E-state index is 0.00936. The van der Waals surface area contributed by atoms with E-state index < -0.39 is 60.2 Å². The molecule has 0 aliphatic heterocycles. The minimum Gasteiger partial charge on any atom is -0.508 e. The first-order valence-corrected chi connectivity index (χ1v) is 11.5. The SMILES string of the molecule is CC(C)CC(N)C(=O)NC(CS)C(=O)NC(CC(N)=O)C(=O)NC(Cc1ccc(O)cc1)C(=O)O. The van der Waals surface area contributed by atoms with Crippen LogP contribution in [-0.4, -0.2) is 69.7 Å². The highest BCUT2D eigenvalue weighted by atomic mass is 32.1.